The smallest absolute Gasteiger partial charge is 0.270 e. The van der Waals surface area contributed by atoms with Crippen molar-refractivity contribution in [3.05, 3.63) is 75.1 Å². The number of rotatable bonds is 7. The SMILES string of the molecule is CCn1nc(-c2ccc(C)c(S(=O)(=O)NCc3ccc(OC)cc3)c2)c2c(c1=O)CCCC2. The Bertz CT molecular complexity index is 1330. The van der Waals surface area contributed by atoms with Crippen LogP contribution in [-0.2, 0) is 36.0 Å². The van der Waals surface area contributed by atoms with Crippen LogP contribution in [0.1, 0.15) is 42.0 Å². The molecule has 7 nitrogen and oxygen atoms in total. The molecule has 0 aliphatic heterocycles. The zero-order valence-corrected chi connectivity index (χ0v) is 20.0. The molecule has 3 aromatic rings. The third kappa shape index (κ3) is 4.72. The Balaban J connectivity index is 1.70. The summed E-state index contributed by atoms with van der Waals surface area (Å²) in [6, 6.07) is 12.6. The number of nitrogens with one attached hydrogen (secondary N) is 1. The minimum absolute atomic E-state index is 0.0305. The molecule has 0 saturated heterocycles. The number of hydrogen-bond donors (Lipinski definition) is 1. The number of sulfonamides is 1. The molecular weight excluding hydrogens is 438 g/mol. The maximum absolute atomic E-state index is 13.2. The van der Waals surface area contributed by atoms with E-state index in [1.54, 1.807) is 38.3 Å². The molecule has 174 valence electrons. The first-order valence-electron chi connectivity index (χ1n) is 11.2. The standard InChI is InChI=1S/C25H29N3O4S/c1-4-28-25(29)22-8-6-5-7-21(22)24(27-28)19-12-9-17(2)23(15-19)33(30,31)26-16-18-10-13-20(32-3)14-11-18/h9-15,26H,4-8,16H2,1-3H3. The van der Waals surface area contributed by atoms with Gasteiger partial charge in [0.1, 0.15) is 5.75 Å². The Labute approximate surface area is 194 Å². The molecule has 1 aromatic heterocycles. The van der Waals surface area contributed by atoms with Gasteiger partial charge in [0.05, 0.1) is 17.7 Å². The van der Waals surface area contributed by atoms with Crippen molar-refractivity contribution >= 4 is 10.0 Å². The van der Waals surface area contributed by atoms with Gasteiger partial charge in [0, 0.05) is 24.2 Å². The molecule has 1 heterocycles. The highest BCUT2D eigenvalue weighted by molar-refractivity contribution is 7.89. The third-order valence-corrected chi connectivity index (χ3v) is 7.69. The van der Waals surface area contributed by atoms with Gasteiger partial charge >= 0.3 is 0 Å². The van der Waals surface area contributed by atoms with Gasteiger partial charge in [-0.1, -0.05) is 24.3 Å². The van der Waals surface area contributed by atoms with E-state index in [1.165, 1.54) is 4.68 Å². The summed E-state index contributed by atoms with van der Waals surface area (Å²) in [6.45, 7) is 4.31. The van der Waals surface area contributed by atoms with Gasteiger partial charge in [-0.3, -0.25) is 4.79 Å². The molecule has 2 aromatic carbocycles. The van der Waals surface area contributed by atoms with Crippen LogP contribution in [0.3, 0.4) is 0 Å². The van der Waals surface area contributed by atoms with Crippen molar-refractivity contribution in [3.8, 4) is 17.0 Å². The van der Waals surface area contributed by atoms with Crippen LogP contribution < -0.4 is 15.0 Å². The average Bonchev–Trinajstić information content (AvgIpc) is 2.84. The van der Waals surface area contributed by atoms with E-state index in [4.69, 9.17) is 4.74 Å². The van der Waals surface area contributed by atoms with Crippen LogP contribution in [0.4, 0.5) is 0 Å². The summed E-state index contributed by atoms with van der Waals surface area (Å²) in [5.74, 6) is 0.717. The molecule has 0 fully saturated rings. The van der Waals surface area contributed by atoms with E-state index in [1.807, 2.05) is 25.1 Å². The van der Waals surface area contributed by atoms with Crippen LogP contribution in [0.15, 0.2) is 52.2 Å². The van der Waals surface area contributed by atoms with Gasteiger partial charge in [-0.25, -0.2) is 17.8 Å². The molecular formula is C25H29N3O4S. The summed E-state index contributed by atoms with van der Waals surface area (Å²) in [7, 11) is -2.17. The Morgan fingerprint density at radius 1 is 1.06 bits per heavy atom. The summed E-state index contributed by atoms with van der Waals surface area (Å²) < 4.78 is 35.7. The summed E-state index contributed by atoms with van der Waals surface area (Å²) in [4.78, 5) is 13.0. The van der Waals surface area contributed by atoms with Gasteiger partial charge in [0.25, 0.3) is 5.56 Å². The fourth-order valence-electron chi connectivity index (χ4n) is 4.27. The van der Waals surface area contributed by atoms with Crippen molar-refractivity contribution in [1.29, 1.82) is 0 Å². The van der Waals surface area contributed by atoms with Gasteiger partial charge in [-0.15, -0.1) is 0 Å². The molecule has 0 amide bonds. The lowest BCUT2D eigenvalue weighted by molar-refractivity contribution is 0.414. The molecule has 8 heteroatoms. The average molecular weight is 468 g/mol. The Hall–Kier alpha value is -2.97. The molecule has 0 atom stereocenters. The van der Waals surface area contributed by atoms with Crippen LogP contribution >= 0.6 is 0 Å². The first-order chi connectivity index (χ1) is 15.8. The van der Waals surface area contributed by atoms with E-state index < -0.39 is 10.0 Å². The van der Waals surface area contributed by atoms with Gasteiger partial charge in [0.2, 0.25) is 10.0 Å². The topological polar surface area (TPSA) is 90.3 Å². The van der Waals surface area contributed by atoms with Crippen molar-refractivity contribution in [2.45, 2.75) is 57.5 Å². The number of aromatic nitrogens is 2. The number of benzene rings is 2. The second-order valence-electron chi connectivity index (χ2n) is 8.29. The molecule has 1 aliphatic rings. The predicted octanol–water partition coefficient (Wildman–Crippen LogP) is 3.60. The van der Waals surface area contributed by atoms with Crippen LogP contribution in [0.5, 0.6) is 5.75 Å². The molecule has 0 bridgehead atoms. The van der Waals surface area contributed by atoms with Crippen molar-refractivity contribution in [2.24, 2.45) is 0 Å². The highest BCUT2D eigenvalue weighted by atomic mass is 32.2. The molecule has 0 radical (unpaired) electrons. The fraction of sp³-hybridized carbons (Fsp3) is 0.360. The van der Waals surface area contributed by atoms with E-state index in [0.717, 1.165) is 48.1 Å². The zero-order chi connectivity index (χ0) is 23.6. The number of hydrogen-bond acceptors (Lipinski definition) is 5. The second kappa shape index (κ2) is 9.49. The van der Waals surface area contributed by atoms with Crippen molar-refractivity contribution in [2.75, 3.05) is 7.11 Å². The minimum atomic E-state index is -3.76. The quantitative estimate of drug-likeness (QED) is 0.573. The van der Waals surface area contributed by atoms with E-state index in [0.29, 0.717) is 23.4 Å². The number of aryl methyl sites for hydroxylation is 2. The van der Waals surface area contributed by atoms with Crippen molar-refractivity contribution in [1.82, 2.24) is 14.5 Å². The number of nitrogens with zero attached hydrogens (tertiary/aromatic N) is 2. The van der Waals surface area contributed by atoms with Crippen molar-refractivity contribution < 1.29 is 13.2 Å². The van der Waals surface area contributed by atoms with E-state index >= 15 is 0 Å². The third-order valence-electron chi connectivity index (χ3n) is 6.14. The molecule has 33 heavy (non-hydrogen) atoms. The molecule has 0 unspecified atom stereocenters. The predicted molar refractivity (Wildman–Crippen MR) is 128 cm³/mol. The van der Waals surface area contributed by atoms with Gasteiger partial charge in [0.15, 0.2) is 0 Å². The monoisotopic (exact) mass is 467 g/mol. The maximum Gasteiger partial charge on any atom is 0.270 e. The first kappa shape index (κ1) is 23.2. The van der Waals surface area contributed by atoms with E-state index in [9.17, 15) is 13.2 Å². The highest BCUT2D eigenvalue weighted by Gasteiger charge is 2.23. The van der Waals surface area contributed by atoms with Crippen LogP contribution in [0, 0.1) is 6.92 Å². The van der Waals surface area contributed by atoms with E-state index in [-0.39, 0.29) is 17.0 Å². The van der Waals surface area contributed by atoms with E-state index in [2.05, 4.69) is 9.82 Å². The Kier molecular flexibility index (Phi) is 6.67. The van der Waals surface area contributed by atoms with Gasteiger partial charge < -0.3 is 4.74 Å². The Morgan fingerprint density at radius 2 is 1.76 bits per heavy atom. The summed E-state index contributed by atoms with van der Waals surface area (Å²) in [5.41, 5.74) is 4.64. The largest absolute Gasteiger partial charge is 0.497 e. The maximum atomic E-state index is 13.2. The number of fused-ring (bicyclic) bond motifs is 1. The second-order valence-corrected chi connectivity index (χ2v) is 10.0. The van der Waals surface area contributed by atoms with Crippen LogP contribution in [0.2, 0.25) is 0 Å². The highest BCUT2D eigenvalue weighted by Crippen LogP contribution is 2.30. The first-order valence-corrected chi connectivity index (χ1v) is 12.7. The molecule has 0 saturated carbocycles. The van der Waals surface area contributed by atoms with Gasteiger partial charge in [-0.2, -0.15) is 5.10 Å². The molecule has 4 rings (SSSR count). The Morgan fingerprint density at radius 3 is 2.42 bits per heavy atom. The molecule has 1 aliphatic carbocycles. The summed E-state index contributed by atoms with van der Waals surface area (Å²) >= 11 is 0. The minimum Gasteiger partial charge on any atom is -0.497 e. The zero-order valence-electron chi connectivity index (χ0n) is 19.2. The summed E-state index contributed by atoms with van der Waals surface area (Å²) in [5, 5.41) is 4.61. The van der Waals surface area contributed by atoms with Gasteiger partial charge in [-0.05, 0) is 74.4 Å². The lowest BCUT2D eigenvalue weighted by atomic mass is 9.89. The lowest BCUT2D eigenvalue weighted by Gasteiger charge is -2.20. The normalized spacial score (nSPS) is 13.5. The van der Waals surface area contributed by atoms with Crippen LogP contribution in [-0.4, -0.2) is 25.3 Å². The van der Waals surface area contributed by atoms with Crippen LogP contribution in [0.25, 0.3) is 11.3 Å². The summed E-state index contributed by atoms with van der Waals surface area (Å²) in [6.07, 6.45) is 3.50. The fourth-order valence-corrected chi connectivity index (χ4v) is 5.55. The van der Waals surface area contributed by atoms with Crippen molar-refractivity contribution in [3.63, 3.8) is 0 Å². The lowest BCUT2D eigenvalue weighted by Crippen LogP contribution is -2.30. The molecule has 0 spiro atoms. The number of methoxy groups -OCH3 is 1. The molecule has 1 N–H and O–H groups in total. The number of ether oxygens (including phenoxy) is 1.